The van der Waals surface area contributed by atoms with Crippen molar-refractivity contribution in [3.63, 3.8) is 0 Å². The number of aliphatic hydroxyl groups is 1. The highest BCUT2D eigenvalue weighted by Gasteiger charge is 2.13. The number of aromatic nitrogens is 3. The molecule has 0 saturated carbocycles. The summed E-state index contributed by atoms with van der Waals surface area (Å²) in [5.41, 5.74) is 5.40. The zero-order valence-corrected chi connectivity index (χ0v) is 8.73. The second-order valence-corrected chi connectivity index (χ2v) is 3.24. The molecule has 0 fully saturated rings. The number of nitrogen functional groups attached to an aromatic ring is 1. The minimum atomic E-state index is -0.104. The number of anilines is 2. The highest BCUT2D eigenvalue weighted by Crippen LogP contribution is 2.12. The minimum Gasteiger partial charge on any atom is -0.394 e. The fourth-order valence-corrected chi connectivity index (χ4v) is 0.994. The molecule has 1 unspecified atom stereocenters. The number of nitrogens with two attached hydrogens (primary N) is 1. The van der Waals surface area contributed by atoms with Crippen molar-refractivity contribution in [1.82, 2.24) is 15.0 Å². The molecule has 78 valence electrons. The molecule has 1 aromatic heterocycles. The SMILES string of the molecule is CC(CO)N(C)c1nc(N)nc(Cl)n1. The largest absolute Gasteiger partial charge is 0.394 e. The van der Waals surface area contributed by atoms with Gasteiger partial charge in [-0.05, 0) is 18.5 Å². The molecular weight excluding hydrogens is 206 g/mol. The maximum absolute atomic E-state index is 8.93. The molecular formula is C7H12ClN5O. The van der Waals surface area contributed by atoms with Gasteiger partial charge in [-0.15, -0.1) is 0 Å². The number of rotatable bonds is 3. The van der Waals surface area contributed by atoms with Gasteiger partial charge in [0.2, 0.25) is 17.2 Å². The lowest BCUT2D eigenvalue weighted by atomic mass is 10.3. The lowest BCUT2D eigenvalue weighted by Gasteiger charge is -2.22. The zero-order valence-electron chi connectivity index (χ0n) is 7.98. The number of aliphatic hydroxyl groups excluding tert-OH is 1. The predicted octanol–water partition coefficient (Wildman–Crippen LogP) is -0.0758. The van der Waals surface area contributed by atoms with Gasteiger partial charge in [-0.1, -0.05) is 0 Å². The summed E-state index contributed by atoms with van der Waals surface area (Å²) in [5.74, 6) is 0.418. The van der Waals surface area contributed by atoms with E-state index in [1.165, 1.54) is 0 Å². The van der Waals surface area contributed by atoms with Crippen LogP contribution < -0.4 is 10.6 Å². The number of hydrogen-bond acceptors (Lipinski definition) is 6. The molecule has 3 N–H and O–H groups in total. The fraction of sp³-hybridized carbons (Fsp3) is 0.571. The van der Waals surface area contributed by atoms with Crippen LogP contribution in [0.25, 0.3) is 0 Å². The van der Waals surface area contributed by atoms with E-state index < -0.39 is 0 Å². The molecule has 1 rings (SSSR count). The molecule has 0 aliphatic heterocycles. The van der Waals surface area contributed by atoms with Gasteiger partial charge in [-0.3, -0.25) is 0 Å². The second-order valence-electron chi connectivity index (χ2n) is 2.91. The summed E-state index contributed by atoms with van der Waals surface area (Å²) in [6.07, 6.45) is 0. The third-order valence-corrected chi connectivity index (χ3v) is 2.02. The van der Waals surface area contributed by atoms with Crippen LogP contribution in [0.2, 0.25) is 5.28 Å². The van der Waals surface area contributed by atoms with Gasteiger partial charge >= 0.3 is 0 Å². The average molecular weight is 218 g/mol. The van der Waals surface area contributed by atoms with E-state index in [9.17, 15) is 0 Å². The van der Waals surface area contributed by atoms with E-state index in [1.54, 1.807) is 11.9 Å². The van der Waals surface area contributed by atoms with Gasteiger partial charge in [0.05, 0.1) is 12.6 Å². The smallest absolute Gasteiger partial charge is 0.231 e. The highest BCUT2D eigenvalue weighted by atomic mass is 35.5. The van der Waals surface area contributed by atoms with Gasteiger partial charge < -0.3 is 15.7 Å². The highest BCUT2D eigenvalue weighted by molar-refractivity contribution is 6.28. The lowest BCUT2D eigenvalue weighted by molar-refractivity contribution is 0.269. The summed E-state index contributed by atoms with van der Waals surface area (Å²) < 4.78 is 0. The monoisotopic (exact) mass is 217 g/mol. The zero-order chi connectivity index (χ0) is 10.7. The first-order valence-electron chi connectivity index (χ1n) is 4.05. The molecule has 0 bridgehead atoms. The molecule has 0 aromatic carbocycles. The molecule has 14 heavy (non-hydrogen) atoms. The van der Waals surface area contributed by atoms with Crippen molar-refractivity contribution in [2.45, 2.75) is 13.0 Å². The van der Waals surface area contributed by atoms with Gasteiger partial charge in [0.25, 0.3) is 0 Å². The van der Waals surface area contributed by atoms with Crippen LogP contribution in [0.3, 0.4) is 0 Å². The number of halogens is 1. The Labute approximate surface area is 86.7 Å². The first-order valence-corrected chi connectivity index (χ1v) is 4.43. The molecule has 0 saturated heterocycles. The Balaban J connectivity index is 2.94. The van der Waals surface area contributed by atoms with Crippen LogP contribution in [0, 0.1) is 0 Å². The van der Waals surface area contributed by atoms with Crippen LogP contribution >= 0.6 is 11.6 Å². The predicted molar refractivity (Wildman–Crippen MR) is 54.2 cm³/mol. The maximum Gasteiger partial charge on any atom is 0.231 e. The van der Waals surface area contributed by atoms with E-state index in [4.69, 9.17) is 22.4 Å². The summed E-state index contributed by atoms with van der Waals surface area (Å²) >= 11 is 5.61. The fourth-order valence-electron chi connectivity index (χ4n) is 0.832. The Bertz CT molecular complexity index is 301. The molecule has 6 nitrogen and oxygen atoms in total. The summed E-state index contributed by atoms with van der Waals surface area (Å²) in [4.78, 5) is 13.1. The van der Waals surface area contributed by atoms with E-state index in [-0.39, 0.29) is 23.9 Å². The molecule has 0 radical (unpaired) electrons. The molecule has 7 heteroatoms. The van der Waals surface area contributed by atoms with Crippen LogP contribution in [0.4, 0.5) is 11.9 Å². The van der Waals surface area contributed by atoms with E-state index in [2.05, 4.69) is 15.0 Å². The van der Waals surface area contributed by atoms with E-state index >= 15 is 0 Å². The lowest BCUT2D eigenvalue weighted by Crippen LogP contribution is -2.33. The van der Waals surface area contributed by atoms with Crippen LogP contribution in [0.1, 0.15) is 6.92 Å². The molecule has 0 aliphatic rings. The maximum atomic E-state index is 8.93. The molecule has 0 aliphatic carbocycles. The van der Waals surface area contributed by atoms with Gasteiger partial charge in [-0.25, -0.2) is 0 Å². The second kappa shape index (κ2) is 4.39. The summed E-state index contributed by atoms with van der Waals surface area (Å²) in [6.45, 7) is 1.83. The Kier molecular flexibility index (Phi) is 3.43. The Hall–Kier alpha value is -1.14. The standard InChI is InChI=1S/C7H12ClN5O/c1-4(3-14)13(2)7-11-5(8)10-6(9)12-7/h4,14H,3H2,1-2H3,(H2,9,10,11,12). The quantitative estimate of drug-likeness (QED) is 0.737. The molecule has 0 amide bonds. The third kappa shape index (κ3) is 2.43. The number of hydrogen-bond donors (Lipinski definition) is 2. The average Bonchev–Trinajstić information content (AvgIpc) is 2.14. The van der Waals surface area contributed by atoms with Crippen LogP contribution in [0.5, 0.6) is 0 Å². The van der Waals surface area contributed by atoms with Crippen LogP contribution in [-0.4, -0.2) is 39.8 Å². The van der Waals surface area contributed by atoms with Crippen molar-refractivity contribution in [1.29, 1.82) is 0 Å². The van der Waals surface area contributed by atoms with Crippen molar-refractivity contribution in [2.24, 2.45) is 0 Å². The van der Waals surface area contributed by atoms with Crippen molar-refractivity contribution in [2.75, 3.05) is 24.3 Å². The van der Waals surface area contributed by atoms with E-state index in [1.807, 2.05) is 6.92 Å². The molecule has 1 heterocycles. The van der Waals surface area contributed by atoms with Crippen molar-refractivity contribution >= 4 is 23.5 Å². The van der Waals surface area contributed by atoms with Crippen LogP contribution in [0.15, 0.2) is 0 Å². The Morgan fingerprint density at radius 3 is 2.64 bits per heavy atom. The summed E-state index contributed by atoms with van der Waals surface area (Å²) in [5, 5.41) is 8.97. The van der Waals surface area contributed by atoms with Gasteiger partial charge in [0, 0.05) is 7.05 Å². The van der Waals surface area contributed by atoms with Gasteiger partial charge in [-0.2, -0.15) is 15.0 Å². The van der Waals surface area contributed by atoms with Crippen LogP contribution in [-0.2, 0) is 0 Å². The number of nitrogens with zero attached hydrogens (tertiary/aromatic N) is 4. The summed E-state index contributed by atoms with van der Waals surface area (Å²) in [7, 11) is 1.74. The molecule has 1 aromatic rings. The third-order valence-electron chi connectivity index (χ3n) is 1.85. The van der Waals surface area contributed by atoms with Crippen molar-refractivity contribution in [3.05, 3.63) is 5.28 Å². The van der Waals surface area contributed by atoms with Gasteiger partial charge in [0.1, 0.15) is 0 Å². The van der Waals surface area contributed by atoms with Crippen molar-refractivity contribution < 1.29 is 5.11 Å². The number of likely N-dealkylation sites (N-methyl/N-ethyl adjacent to an activating group) is 1. The first-order chi connectivity index (χ1) is 6.54. The molecule has 1 atom stereocenters. The molecule has 0 spiro atoms. The summed E-state index contributed by atoms with van der Waals surface area (Å²) in [6, 6.07) is -0.104. The first kappa shape index (κ1) is 10.9. The topological polar surface area (TPSA) is 88.2 Å². The Morgan fingerprint density at radius 1 is 1.50 bits per heavy atom. The van der Waals surface area contributed by atoms with Crippen molar-refractivity contribution in [3.8, 4) is 0 Å². The minimum absolute atomic E-state index is 0.000291. The van der Waals surface area contributed by atoms with Gasteiger partial charge in [0.15, 0.2) is 0 Å². The normalized spacial score (nSPS) is 12.6. The van der Waals surface area contributed by atoms with E-state index in [0.717, 1.165) is 0 Å². The Morgan fingerprint density at radius 2 is 2.14 bits per heavy atom. The van der Waals surface area contributed by atoms with E-state index in [0.29, 0.717) is 5.95 Å².